The van der Waals surface area contributed by atoms with Gasteiger partial charge in [0.05, 0.1) is 0 Å². The molecule has 4 atom stereocenters. The van der Waals surface area contributed by atoms with Crippen molar-refractivity contribution >= 4 is 11.9 Å². The molecular weight excluding hydrogens is 428 g/mol. The molecule has 0 heterocycles. The van der Waals surface area contributed by atoms with Crippen LogP contribution in [0.1, 0.15) is 89.7 Å². The molecule has 2 saturated carbocycles. The van der Waals surface area contributed by atoms with E-state index in [1.807, 2.05) is 24.3 Å². The lowest BCUT2D eigenvalue weighted by molar-refractivity contribution is -0.160. The molecule has 34 heavy (non-hydrogen) atoms. The zero-order chi connectivity index (χ0) is 24.5. The highest BCUT2D eigenvalue weighted by Gasteiger charge is 2.37. The lowest BCUT2D eigenvalue weighted by Gasteiger charge is -2.38. The third kappa shape index (κ3) is 7.81. The van der Waals surface area contributed by atoms with Crippen molar-refractivity contribution in [3.8, 4) is 0 Å². The van der Waals surface area contributed by atoms with E-state index >= 15 is 0 Å². The Balaban J connectivity index is 1.62. The quantitative estimate of drug-likeness (QED) is 0.248. The van der Waals surface area contributed by atoms with E-state index in [2.05, 4.69) is 26.1 Å². The second-order valence-electron chi connectivity index (χ2n) is 10.9. The van der Waals surface area contributed by atoms with Crippen LogP contribution in [0, 0.1) is 23.7 Å². The van der Waals surface area contributed by atoms with E-state index < -0.39 is 0 Å². The summed E-state index contributed by atoms with van der Waals surface area (Å²) in [7, 11) is 0. The van der Waals surface area contributed by atoms with Crippen LogP contribution in [0.5, 0.6) is 0 Å². The number of carbonyl (C=O) groups excluding carboxylic acids is 2. The molecule has 6 nitrogen and oxygen atoms in total. The first-order valence-electron chi connectivity index (χ1n) is 13.3. The molecule has 0 aromatic heterocycles. The van der Waals surface area contributed by atoms with Gasteiger partial charge >= 0.3 is 5.97 Å². The van der Waals surface area contributed by atoms with E-state index in [1.54, 1.807) is 5.48 Å². The number of hydrogen-bond donors (Lipinski definition) is 3. The molecule has 0 spiro atoms. The predicted octanol–water partition coefficient (Wildman–Crippen LogP) is 5.17. The van der Waals surface area contributed by atoms with Gasteiger partial charge in [0.25, 0.3) is 0 Å². The summed E-state index contributed by atoms with van der Waals surface area (Å²) in [4.78, 5) is 24.7. The van der Waals surface area contributed by atoms with Gasteiger partial charge < -0.3 is 10.1 Å². The number of rotatable bonds is 10. The summed E-state index contributed by atoms with van der Waals surface area (Å²) < 4.78 is 6.26. The maximum Gasteiger partial charge on any atom is 0.323 e. The van der Waals surface area contributed by atoms with Crippen LogP contribution in [0.3, 0.4) is 0 Å². The van der Waals surface area contributed by atoms with Crippen molar-refractivity contribution in [2.75, 3.05) is 0 Å². The Morgan fingerprint density at radius 3 is 2.35 bits per heavy atom. The van der Waals surface area contributed by atoms with Crippen molar-refractivity contribution in [1.82, 2.24) is 10.8 Å². The van der Waals surface area contributed by atoms with Gasteiger partial charge in [0.2, 0.25) is 5.91 Å². The smallest absolute Gasteiger partial charge is 0.323 e. The molecule has 1 amide bonds. The summed E-state index contributed by atoms with van der Waals surface area (Å²) >= 11 is 0. The standard InChI is InChI=1S/C28H44N2O4/c1-19(2)24-15-9-20(3)17-25(24)34-28(32)27(23-7-5-4-6-8-23)29-18-22-12-10-21(11-13-22)14-16-26(31)30-33/h10-13,19-20,23-25,27,29,33H,4-9,14-18H2,1-3H3,(H,30,31)/t20-,24+,25-,27+/m1/s1. The summed E-state index contributed by atoms with van der Waals surface area (Å²) in [5.41, 5.74) is 3.82. The molecule has 1 aromatic rings. The molecule has 1 aromatic carbocycles. The Morgan fingerprint density at radius 1 is 1.03 bits per heavy atom. The van der Waals surface area contributed by atoms with E-state index in [9.17, 15) is 9.59 Å². The Kier molecular flexibility index (Phi) is 10.4. The lowest BCUT2D eigenvalue weighted by Crippen LogP contribution is -2.47. The molecule has 3 N–H and O–H groups in total. The molecule has 2 aliphatic rings. The van der Waals surface area contributed by atoms with Crippen molar-refractivity contribution in [1.29, 1.82) is 0 Å². The number of amides is 1. The van der Waals surface area contributed by atoms with Gasteiger partial charge in [-0.2, -0.15) is 0 Å². The number of aryl methyl sites for hydroxylation is 1. The van der Waals surface area contributed by atoms with Crippen LogP contribution in [0.4, 0.5) is 0 Å². The average Bonchev–Trinajstić information content (AvgIpc) is 2.84. The zero-order valence-corrected chi connectivity index (χ0v) is 21.2. The topological polar surface area (TPSA) is 87.7 Å². The van der Waals surface area contributed by atoms with E-state index in [4.69, 9.17) is 9.94 Å². The van der Waals surface area contributed by atoms with Gasteiger partial charge in [0, 0.05) is 13.0 Å². The molecule has 0 bridgehead atoms. The van der Waals surface area contributed by atoms with Crippen LogP contribution in [-0.2, 0) is 27.3 Å². The Morgan fingerprint density at radius 2 is 1.71 bits per heavy atom. The number of ether oxygens (including phenoxy) is 1. The lowest BCUT2D eigenvalue weighted by atomic mass is 9.75. The van der Waals surface area contributed by atoms with Gasteiger partial charge in [-0.05, 0) is 66.9 Å². The van der Waals surface area contributed by atoms with Crippen molar-refractivity contribution in [3.63, 3.8) is 0 Å². The van der Waals surface area contributed by atoms with Gasteiger partial charge in [0.15, 0.2) is 0 Å². The molecule has 2 aliphatic carbocycles. The normalized spacial score (nSPS) is 24.6. The average molecular weight is 473 g/mol. The largest absolute Gasteiger partial charge is 0.461 e. The molecule has 0 saturated heterocycles. The molecule has 3 rings (SSSR count). The second kappa shape index (κ2) is 13.2. The Bertz CT molecular complexity index is 773. The van der Waals surface area contributed by atoms with Gasteiger partial charge in [-0.3, -0.25) is 14.8 Å². The first kappa shape index (κ1) is 26.7. The van der Waals surface area contributed by atoms with E-state index in [1.165, 1.54) is 25.7 Å². The number of hydroxylamine groups is 1. The fourth-order valence-electron chi connectivity index (χ4n) is 5.75. The Hall–Kier alpha value is -1.92. The molecule has 190 valence electrons. The summed E-state index contributed by atoms with van der Waals surface area (Å²) in [6.45, 7) is 7.38. The molecule has 2 fully saturated rings. The van der Waals surface area contributed by atoms with Gasteiger partial charge in [0.1, 0.15) is 12.1 Å². The van der Waals surface area contributed by atoms with E-state index in [0.717, 1.165) is 36.8 Å². The summed E-state index contributed by atoms with van der Waals surface area (Å²) in [5, 5.41) is 12.2. The minimum absolute atomic E-state index is 0.0274. The minimum Gasteiger partial charge on any atom is -0.461 e. The maximum atomic E-state index is 13.5. The maximum absolute atomic E-state index is 13.5. The number of esters is 1. The number of benzene rings is 1. The van der Waals surface area contributed by atoms with Gasteiger partial charge in [-0.1, -0.05) is 70.7 Å². The predicted molar refractivity (Wildman–Crippen MR) is 133 cm³/mol. The minimum atomic E-state index is -0.383. The van der Waals surface area contributed by atoms with Crippen LogP contribution in [0.15, 0.2) is 24.3 Å². The van der Waals surface area contributed by atoms with Crippen molar-refractivity contribution in [2.24, 2.45) is 23.7 Å². The molecule has 6 heteroatoms. The first-order valence-corrected chi connectivity index (χ1v) is 13.3. The molecular formula is C28H44N2O4. The van der Waals surface area contributed by atoms with Crippen LogP contribution in [0.25, 0.3) is 0 Å². The van der Waals surface area contributed by atoms with E-state index in [-0.39, 0.29) is 30.4 Å². The van der Waals surface area contributed by atoms with Crippen LogP contribution < -0.4 is 10.8 Å². The fourth-order valence-corrected chi connectivity index (χ4v) is 5.75. The molecule has 0 aliphatic heterocycles. The Labute approximate surface area is 205 Å². The highest BCUT2D eigenvalue weighted by Crippen LogP contribution is 2.36. The molecule has 0 unspecified atom stereocenters. The SMILES string of the molecule is CC(C)[C@@H]1CC[C@@H](C)C[C@H]1OC(=O)[C@@H](NCc1ccc(CCC(=O)NO)cc1)C1CCCCC1. The second-order valence-corrected chi connectivity index (χ2v) is 10.9. The third-order valence-corrected chi connectivity index (χ3v) is 7.92. The van der Waals surface area contributed by atoms with Crippen LogP contribution in [0.2, 0.25) is 0 Å². The van der Waals surface area contributed by atoms with Crippen LogP contribution >= 0.6 is 0 Å². The van der Waals surface area contributed by atoms with Gasteiger partial charge in [-0.25, -0.2) is 5.48 Å². The van der Waals surface area contributed by atoms with Crippen molar-refractivity contribution < 1.29 is 19.5 Å². The highest BCUT2D eigenvalue weighted by atomic mass is 16.5. The van der Waals surface area contributed by atoms with Crippen LogP contribution in [-0.4, -0.2) is 29.2 Å². The summed E-state index contributed by atoms with van der Waals surface area (Å²) in [5.74, 6) is 1.46. The zero-order valence-electron chi connectivity index (χ0n) is 21.2. The monoisotopic (exact) mass is 472 g/mol. The number of nitrogens with one attached hydrogen (secondary N) is 2. The fraction of sp³-hybridized carbons (Fsp3) is 0.714. The number of hydrogen-bond acceptors (Lipinski definition) is 5. The molecule has 0 radical (unpaired) electrons. The van der Waals surface area contributed by atoms with E-state index in [0.29, 0.717) is 36.6 Å². The summed E-state index contributed by atoms with van der Waals surface area (Å²) in [6.07, 6.45) is 9.97. The highest BCUT2D eigenvalue weighted by molar-refractivity contribution is 5.76. The van der Waals surface area contributed by atoms with Crippen molar-refractivity contribution in [3.05, 3.63) is 35.4 Å². The third-order valence-electron chi connectivity index (χ3n) is 7.92. The number of carbonyl (C=O) groups is 2. The van der Waals surface area contributed by atoms with Crippen molar-refractivity contribution in [2.45, 2.75) is 104 Å². The summed E-state index contributed by atoms with van der Waals surface area (Å²) in [6, 6.07) is 7.83. The van der Waals surface area contributed by atoms with Gasteiger partial charge in [-0.15, -0.1) is 0 Å². The first-order chi connectivity index (χ1) is 16.4.